The van der Waals surface area contributed by atoms with Crippen LogP contribution in [-0.2, 0) is 100 Å². The normalized spacial score (nSPS) is 14.1. The molecule has 11 rings (SSSR count). The van der Waals surface area contributed by atoms with Gasteiger partial charge in [-0.05, 0) is 144 Å². The molecule has 10 aromatic rings. The predicted molar refractivity (Wildman–Crippen MR) is 527 cm³/mol. The first kappa shape index (κ1) is 111. The second-order valence-electron chi connectivity index (χ2n) is 34.1. The van der Waals surface area contributed by atoms with Crippen molar-refractivity contribution in [2.24, 2.45) is 5.10 Å². The number of hydrogen-bond donors (Lipinski definition) is 17. The number of fused-ring (bicyclic) bond motifs is 2. The number of hydrogen-bond acceptors (Lipinski definition) is 31. The molecule has 47 nitrogen and oxygen atoms in total. The Bertz CT molecular complexity index is 6930. The van der Waals surface area contributed by atoms with Gasteiger partial charge in [-0.15, -0.1) is 0 Å². The molecule has 766 valence electrons. The Morgan fingerprint density at radius 1 is 0.497 bits per heavy atom. The second-order valence-corrected chi connectivity index (χ2v) is 40.3. The van der Waals surface area contributed by atoms with E-state index in [0.29, 0.717) is 63.7 Å². The number of pyridine rings is 3. The molecule has 1 aliphatic heterocycles. The zero-order valence-electron chi connectivity index (χ0n) is 79.4. The fraction of sp³-hybridized carbons (Fsp3) is 0.370. The molecule has 0 unspecified atom stereocenters. The van der Waals surface area contributed by atoms with Crippen LogP contribution < -0.4 is 62.9 Å². The predicted octanol–water partition coefficient (Wildman–Crippen LogP) is 2.12. The average molecular weight is 2060 g/mol. The van der Waals surface area contributed by atoms with Gasteiger partial charge >= 0.3 is 17.9 Å². The maximum atomic E-state index is 14.0. The molecule has 0 radical (unpaired) electrons. The number of H-pyrrole nitrogens is 2. The summed E-state index contributed by atoms with van der Waals surface area (Å²) in [5.74, 6) is -8.50. The Kier molecular flexibility index (Phi) is 39.0. The number of carbonyl (C=O) groups is 10. The van der Waals surface area contributed by atoms with Crippen LogP contribution in [0.5, 0.6) is 0 Å². The van der Waals surface area contributed by atoms with Crippen LogP contribution in [0.2, 0.25) is 0 Å². The minimum atomic E-state index is -4.83. The van der Waals surface area contributed by atoms with E-state index in [0.717, 1.165) is 36.0 Å². The van der Waals surface area contributed by atoms with Gasteiger partial charge in [0, 0.05) is 164 Å². The Hall–Kier alpha value is -14.3. The van der Waals surface area contributed by atoms with Crippen LogP contribution in [0.3, 0.4) is 0 Å². The number of amides is 5. The number of aromatic nitrogens is 7. The molecular weight excluding hydrogens is 1940 g/mol. The largest absolute Gasteiger partial charge is 0.480 e. The molecule has 1 fully saturated rings. The maximum Gasteiger partial charge on any atom is 0.317 e. The summed E-state index contributed by atoms with van der Waals surface area (Å²) in [5, 5.41) is 51.9. The number of sulfonamides is 2. The highest BCUT2D eigenvalue weighted by atomic mass is 32.2. The van der Waals surface area contributed by atoms with E-state index in [-0.39, 0.29) is 177 Å². The lowest BCUT2D eigenvalue weighted by molar-refractivity contribution is -0.140. The monoisotopic (exact) mass is 2050 g/mol. The van der Waals surface area contributed by atoms with Crippen molar-refractivity contribution in [3.63, 3.8) is 0 Å². The number of benzene rings is 5. The van der Waals surface area contributed by atoms with Gasteiger partial charge < -0.3 is 71.6 Å². The van der Waals surface area contributed by atoms with E-state index < -0.39 is 141 Å². The molecule has 51 heteroatoms. The standard InChI is InChI=1S/C46H51N11O13S3.C46H63N11O12S/c1-27-18-28(2)42(29(3)19-27)72(66,67)56-36(30(4)58)24-51-44(61)35-25-57(38-20-31(10-12-34(38)41(35)59)21-52-46-48-15-16-49-46)17-7-14-47-45(62)37(26-71(63,64)65)54-43(60)33-11-13-40(50-22-33)55-53-23-32-8-5-6-9-39(32)73(68,69)70;1-30-20-31(2)44(32(3)21-30)70(68,69)52-37(33(4)58)24-50-45(67)36-25-57(38-22-34(6-7-35(38)43(36)66)23-51-46-48-9-10-49-46)11-5-8-47-39(59)26-53-12-14-54(27-40(60)61)16-18-56(29-42(64)65)19-17-55(15-13-53)28-41(62)63/h5-6,8-13,15-16,18-20,22-23,25,36-37,56H,7,14,17,21,24,26H2,1-4H3,(H,47,62)(H,50,55)(H,51,61)(H,54,60)(H2,48,49,52)(H,63,64,65)(H,68,69,70);6-7,9-10,20-22,25,37,52H,5,8,11-19,23-24,26-29H2,1-4H3,(H,47,59)(H,50,67)(H,60,61)(H,62,63)(H,64,65)(H2,48,49,51)/b53-23-;/t36-,37-;37-/m00/s1. The molecule has 1 saturated heterocycles. The molecule has 0 aliphatic carbocycles. The van der Waals surface area contributed by atoms with Gasteiger partial charge in [0.25, 0.3) is 38.0 Å². The quantitative estimate of drug-likeness (QED) is 0.0112. The molecule has 0 spiro atoms. The van der Waals surface area contributed by atoms with Crippen molar-refractivity contribution >= 4 is 145 Å². The van der Waals surface area contributed by atoms with Gasteiger partial charge in [-0.25, -0.2) is 31.8 Å². The molecule has 5 aromatic carbocycles. The van der Waals surface area contributed by atoms with E-state index in [2.05, 4.69) is 82.1 Å². The summed E-state index contributed by atoms with van der Waals surface area (Å²) >= 11 is 0. The second kappa shape index (κ2) is 50.4. The van der Waals surface area contributed by atoms with Crippen LogP contribution in [0.15, 0.2) is 170 Å². The van der Waals surface area contributed by atoms with E-state index in [1.807, 2.05) is 13.8 Å². The minimum absolute atomic E-state index is 0.00709. The van der Waals surface area contributed by atoms with Crippen molar-refractivity contribution in [1.29, 1.82) is 0 Å². The van der Waals surface area contributed by atoms with Gasteiger partial charge in [-0.3, -0.25) is 91.7 Å². The van der Waals surface area contributed by atoms with E-state index in [1.165, 1.54) is 61.8 Å². The van der Waals surface area contributed by atoms with Gasteiger partial charge in [-0.2, -0.15) is 31.4 Å². The topological polar surface area (TPSA) is 668 Å². The zero-order chi connectivity index (χ0) is 104. The molecule has 6 heterocycles. The van der Waals surface area contributed by atoms with Crippen molar-refractivity contribution in [1.82, 2.24) is 89.7 Å². The van der Waals surface area contributed by atoms with E-state index in [4.69, 9.17) is 0 Å². The fourth-order valence-electron chi connectivity index (χ4n) is 16.0. The van der Waals surface area contributed by atoms with E-state index >= 15 is 0 Å². The molecular formula is C92H114N22O25S4. The number of nitrogens with one attached hydrogen (secondary N) is 12. The summed E-state index contributed by atoms with van der Waals surface area (Å²) in [6.45, 7) is 13.4. The number of carboxylic acid groups (broad SMARTS) is 3. The average Bonchev–Trinajstić information content (AvgIpc) is 1.52. The smallest absolute Gasteiger partial charge is 0.317 e. The third-order valence-electron chi connectivity index (χ3n) is 22.7. The molecule has 143 heavy (non-hydrogen) atoms. The highest BCUT2D eigenvalue weighted by molar-refractivity contribution is 7.90. The Morgan fingerprint density at radius 2 is 0.916 bits per heavy atom. The molecule has 3 atom stereocenters. The number of ketones is 2. The number of aromatic amines is 2. The Balaban J connectivity index is 0.000000294. The van der Waals surface area contributed by atoms with Crippen molar-refractivity contribution < 1.29 is 106 Å². The highest BCUT2D eigenvalue weighted by Gasteiger charge is 2.33. The number of hydrazone groups is 1. The third kappa shape index (κ3) is 32.9. The SMILES string of the molecule is CC(=O)[C@H](CNC(=O)c1cn(CCCNC(=O)CN2CCN(CC(=O)O)CCN(CC(=O)O)CCN(CC(=O)O)CC2)c2cc(CNc3ncc[nH]3)ccc2c1=O)NS(=O)(=O)c1c(C)cc(C)cc1C.CC(=O)[C@H](CNC(=O)c1cn(CCCNC(=O)[C@H](CS(=O)(=O)O)NC(=O)c2ccc(N/N=C\c3ccccc3S(=O)(=O)O)nc2)c2cc(CNc3ncc[nH]3)ccc2c1=O)NS(=O)(=O)c1c(C)cc(C)cc1C. The van der Waals surface area contributed by atoms with Gasteiger partial charge in [-0.1, -0.05) is 65.7 Å². The minimum Gasteiger partial charge on any atom is -0.480 e. The number of aliphatic carboxylic acids is 3. The zero-order valence-corrected chi connectivity index (χ0v) is 82.6. The number of imidazole rings is 2. The number of anilines is 3. The van der Waals surface area contributed by atoms with Crippen LogP contribution in [0, 0.1) is 41.5 Å². The first-order valence-electron chi connectivity index (χ1n) is 44.8. The Labute approximate surface area is 822 Å². The molecule has 1 aliphatic rings. The van der Waals surface area contributed by atoms with Gasteiger partial charge in [0.1, 0.15) is 45.2 Å². The third-order valence-corrected chi connectivity index (χ3v) is 27.9. The van der Waals surface area contributed by atoms with Crippen molar-refractivity contribution in [3.8, 4) is 0 Å². The molecule has 0 saturated carbocycles. The Morgan fingerprint density at radius 3 is 1.30 bits per heavy atom. The summed E-state index contributed by atoms with van der Waals surface area (Å²) in [4.78, 5) is 181. The number of aryl methyl sites for hydroxylation is 8. The summed E-state index contributed by atoms with van der Waals surface area (Å²) in [7, 11) is -17.8. The van der Waals surface area contributed by atoms with Gasteiger partial charge in [0.05, 0.1) is 70.9 Å². The van der Waals surface area contributed by atoms with E-state index in [9.17, 15) is 116 Å². The molecule has 17 N–H and O–H groups in total. The van der Waals surface area contributed by atoms with Crippen LogP contribution in [0.4, 0.5) is 17.7 Å². The fourth-order valence-corrected chi connectivity index (χ4v) is 20.7. The molecule has 5 aromatic heterocycles. The summed E-state index contributed by atoms with van der Waals surface area (Å²) < 4.78 is 129. The van der Waals surface area contributed by atoms with Crippen molar-refractivity contribution in [2.45, 2.75) is 127 Å². The highest BCUT2D eigenvalue weighted by Crippen LogP contribution is 2.26. The van der Waals surface area contributed by atoms with Crippen LogP contribution >= 0.6 is 0 Å². The number of carboxylic acids is 3. The van der Waals surface area contributed by atoms with Crippen LogP contribution in [-0.4, -0.2) is 306 Å². The molecule has 0 bridgehead atoms. The van der Waals surface area contributed by atoms with Crippen LogP contribution in [0.25, 0.3) is 21.8 Å². The van der Waals surface area contributed by atoms with Gasteiger partial charge in [0.2, 0.25) is 42.7 Å². The van der Waals surface area contributed by atoms with Crippen molar-refractivity contribution in [3.05, 3.63) is 228 Å². The lowest BCUT2D eigenvalue weighted by Gasteiger charge is -2.32. The van der Waals surface area contributed by atoms with Crippen LogP contribution in [0.1, 0.15) is 108 Å². The van der Waals surface area contributed by atoms with E-state index in [1.54, 1.807) is 136 Å². The maximum absolute atomic E-state index is 14.0. The number of nitrogens with zero attached hydrogens (tertiary/aromatic N) is 10. The number of carbonyl (C=O) groups excluding carboxylic acids is 7. The number of Topliss-reactive ketones (excluding diaryl/α,β-unsaturated/α-hetero) is 2. The lowest BCUT2D eigenvalue weighted by Crippen LogP contribution is -2.50. The van der Waals surface area contributed by atoms with Crippen molar-refractivity contribution in [2.75, 3.05) is 127 Å². The number of rotatable bonds is 45. The summed E-state index contributed by atoms with van der Waals surface area (Å²) in [6, 6.07) is 20.3. The summed E-state index contributed by atoms with van der Waals surface area (Å²) in [5.41, 5.74) is 6.55. The lowest BCUT2D eigenvalue weighted by atomic mass is 10.1. The first-order valence-corrected chi connectivity index (χ1v) is 50.8. The van der Waals surface area contributed by atoms with Gasteiger partial charge in [0.15, 0.2) is 11.9 Å². The summed E-state index contributed by atoms with van der Waals surface area (Å²) in [6.07, 6.45) is 11.7. The molecule has 5 amide bonds. The first-order chi connectivity index (χ1) is 67.6.